The van der Waals surface area contributed by atoms with E-state index in [-0.39, 0.29) is 36.1 Å². The summed E-state index contributed by atoms with van der Waals surface area (Å²) in [5, 5.41) is 58.8. The molecular formula is C19H36O8. The quantitative estimate of drug-likeness (QED) is 0.337. The van der Waals surface area contributed by atoms with Gasteiger partial charge >= 0.3 is 0 Å². The number of rotatable bonds is 7. The Morgan fingerprint density at radius 3 is 2.30 bits per heavy atom. The highest BCUT2D eigenvalue weighted by atomic mass is 16.7. The lowest BCUT2D eigenvalue weighted by atomic mass is 9.61. The molecule has 1 heterocycles. The molecule has 1 saturated carbocycles. The number of aliphatic hydroxyl groups is 6. The first-order valence-electron chi connectivity index (χ1n) is 9.85. The predicted octanol–water partition coefficient (Wildman–Crippen LogP) is -0.623. The lowest BCUT2D eigenvalue weighted by Crippen LogP contribution is -2.60. The van der Waals surface area contributed by atoms with E-state index in [1.165, 1.54) is 0 Å². The Bertz CT molecular complexity index is 455. The van der Waals surface area contributed by atoms with Gasteiger partial charge < -0.3 is 40.1 Å². The van der Waals surface area contributed by atoms with Gasteiger partial charge in [-0.3, -0.25) is 0 Å². The molecule has 1 aliphatic heterocycles. The molecule has 2 aliphatic rings. The molecule has 160 valence electrons. The molecule has 0 aromatic carbocycles. The number of aliphatic hydroxyl groups excluding tert-OH is 6. The van der Waals surface area contributed by atoms with Crippen LogP contribution in [0.3, 0.4) is 0 Å². The van der Waals surface area contributed by atoms with Gasteiger partial charge in [-0.1, -0.05) is 13.8 Å². The molecule has 8 heteroatoms. The minimum atomic E-state index is -1.47. The van der Waals surface area contributed by atoms with Crippen LogP contribution in [0.15, 0.2) is 0 Å². The van der Waals surface area contributed by atoms with Crippen LogP contribution >= 0.6 is 0 Å². The molecule has 0 aromatic heterocycles. The van der Waals surface area contributed by atoms with Crippen molar-refractivity contribution in [1.29, 1.82) is 0 Å². The lowest BCUT2D eigenvalue weighted by Gasteiger charge is -2.49. The predicted molar refractivity (Wildman–Crippen MR) is 96.6 cm³/mol. The Balaban J connectivity index is 2.05. The molecule has 0 spiro atoms. The zero-order chi connectivity index (χ0) is 20.4. The molecule has 27 heavy (non-hydrogen) atoms. The van der Waals surface area contributed by atoms with Crippen molar-refractivity contribution < 1.29 is 40.1 Å². The maximum atomic E-state index is 10.2. The summed E-state index contributed by atoms with van der Waals surface area (Å²) >= 11 is 0. The summed E-state index contributed by atoms with van der Waals surface area (Å²) in [6.07, 6.45) is -4.44. The standard InChI is InChI=1S/C19H36O8/c1-10(22)4-5-13-11(8-20)6-12(7-19(13,2)3)26-18-17(25)16(24)15(23)14(9-21)27-18/h10-18,20-25H,4-9H2,1-3H3/t10-,11-,12-,13-,14+,15+,16-,17+,18+/m0/s1. The molecule has 0 unspecified atom stereocenters. The highest BCUT2D eigenvalue weighted by Crippen LogP contribution is 2.47. The van der Waals surface area contributed by atoms with Gasteiger partial charge in [0.2, 0.25) is 0 Å². The minimum absolute atomic E-state index is 0.00243. The van der Waals surface area contributed by atoms with E-state index in [2.05, 4.69) is 13.8 Å². The van der Waals surface area contributed by atoms with Crippen LogP contribution in [0.1, 0.15) is 46.5 Å². The minimum Gasteiger partial charge on any atom is -0.396 e. The first-order chi connectivity index (χ1) is 12.6. The zero-order valence-corrected chi connectivity index (χ0v) is 16.4. The third kappa shape index (κ3) is 5.39. The van der Waals surface area contributed by atoms with Gasteiger partial charge in [-0.15, -0.1) is 0 Å². The van der Waals surface area contributed by atoms with Crippen LogP contribution in [0.5, 0.6) is 0 Å². The van der Waals surface area contributed by atoms with E-state index in [1.54, 1.807) is 6.92 Å². The van der Waals surface area contributed by atoms with Gasteiger partial charge in [0, 0.05) is 6.61 Å². The highest BCUT2D eigenvalue weighted by Gasteiger charge is 2.48. The van der Waals surface area contributed by atoms with Gasteiger partial charge in [0.15, 0.2) is 6.29 Å². The first-order valence-corrected chi connectivity index (χ1v) is 9.85. The van der Waals surface area contributed by atoms with Crippen LogP contribution < -0.4 is 0 Å². The Hall–Kier alpha value is -0.320. The highest BCUT2D eigenvalue weighted by molar-refractivity contribution is 4.94. The van der Waals surface area contributed by atoms with Gasteiger partial charge in [0.05, 0.1) is 18.8 Å². The molecule has 2 fully saturated rings. The summed E-state index contributed by atoms with van der Waals surface area (Å²) in [6.45, 7) is 5.47. The SMILES string of the molecule is C[C@H](O)CC[C@H]1[C@H](CO)C[C@H](O[C@@H]2O[C@H](CO)[C@@H](O)[C@H](O)[C@H]2O)CC1(C)C. The normalized spacial score (nSPS) is 43.4. The summed E-state index contributed by atoms with van der Waals surface area (Å²) in [6, 6.07) is 0. The molecule has 0 amide bonds. The van der Waals surface area contributed by atoms with Crippen LogP contribution in [-0.2, 0) is 9.47 Å². The van der Waals surface area contributed by atoms with E-state index in [0.29, 0.717) is 19.3 Å². The van der Waals surface area contributed by atoms with E-state index >= 15 is 0 Å². The largest absolute Gasteiger partial charge is 0.396 e. The second-order valence-electron chi connectivity index (χ2n) is 8.86. The van der Waals surface area contributed by atoms with Crippen molar-refractivity contribution in [3.8, 4) is 0 Å². The molecule has 6 N–H and O–H groups in total. The van der Waals surface area contributed by atoms with Crippen LogP contribution in [0.4, 0.5) is 0 Å². The molecular weight excluding hydrogens is 356 g/mol. The molecule has 1 saturated heterocycles. The lowest BCUT2D eigenvalue weighted by molar-refractivity contribution is -0.317. The third-order valence-corrected chi connectivity index (χ3v) is 6.20. The van der Waals surface area contributed by atoms with Gasteiger partial charge in [0.25, 0.3) is 0 Å². The maximum absolute atomic E-state index is 10.2. The van der Waals surface area contributed by atoms with Gasteiger partial charge in [-0.2, -0.15) is 0 Å². The van der Waals surface area contributed by atoms with Crippen molar-refractivity contribution in [2.45, 2.75) is 89.4 Å². The van der Waals surface area contributed by atoms with E-state index in [0.717, 1.165) is 6.42 Å². The first kappa shape index (κ1) is 23.0. The Kier molecular flexibility index (Phi) is 8.04. The monoisotopic (exact) mass is 392 g/mol. The summed E-state index contributed by atoms with van der Waals surface area (Å²) in [5.41, 5.74) is -0.153. The topological polar surface area (TPSA) is 140 Å². The Morgan fingerprint density at radius 2 is 1.74 bits per heavy atom. The van der Waals surface area contributed by atoms with Crippen LogP contribution in [0.25, 0.3) is 0 Å². The van der Waals surface area contributed by atoms with Crippen molar-refractivity contribution in [2.24, 2.45) is 17.3 Å². The van der Waals surface area contributed by atoms with Crippen LogP contribution in [-0.4, -0.2) is 86.8 Å². The number of hydrogen-bond donors (Lipinski definition) is 6. The van der Waals surface area contributed by atoms with E-state index in [4.69, 9.17) is 9.47 Å². The molecule has 1 aliphatic carbocycles. The summed E-state index contributed by atoms with van der Waals surface area (Å²) < 4.78 is 11.4. The summed E-state index contributed by atoms with van der Waals surface area (Å²) in [4.78, 5) is 0. The zero-order valence-electron chi connectivity index (χ0n) is 16.4. The van der Waals surface area contributed by atoms with Crippen LogP contribution in [0.2, 0.25) is 0 Å². The molecule has 0 bridgehead atoms. The average molecular weight is 392 g/mol. The van der Waals surface area contributed by atoms with Gasteiger partial charge in [-0.25, -0.2) is 0 Å². The van der Waals surface area contributed by atoms with Crippen molar-refractivity contribution >= 4 is 0 Å². The summed E-state index contributed by atoms with van der Waals surface area (Å²) in [7, 11) is 0. The number of ether oxygens (including phenoxy) is 2. The summed E-state index contributed by atoms with van der Waals surface area (Å²) in [5.74, 6) is 0.217. The smallest absolute Gasteiger partial charge is 0.186 e. The fourth-order valence-corrected chi connectivity index (χ4v) is 4.68. The van der Waals surface area contributed by atoms with E-state index < -0.39 is 37.3 Å². The second-order valence-corrected chi connectivity index (χ2v) is 8.86. The maximum Gasteiger partial charge on any atom is 0.186 e. The van der Waals surface area contributed by atoms with Gasteiger partial charge in [0.1, 0.15) is 24.4 Å². The van der Waals surface area contributed by atoms with Gasteiger partial charge in [-0.05, 0) is 49.9 Å². The van der Waals surface area contributed by atoms with E-state index in [9.17, 15) is 30.6 Å². The van der Waals surface area contributed by atoms with Crippen molar-refractivity contribution in [2.75, 3.05) is 13.2 Å². The fraction of sp³-hybridized carbons (Fsp3) is 1.00. The molecule has 9 atom stereocenters. The fourth-order valence-electron chi connectivity index (χ4n) is 4.68. The molecule has 0 aromatic rings. The molecule has 0 radical (unpaired) electrons. The third-order valence-electron chi connectivity index (χ3n) is 6.20. The second kappa shape index (κ2) is 9.45. The Morgan fingerprint density at radius 1 is 1.07 bits per heavy atom. The van der Waals surface area contributed by atoms with E-state index in [1.807, 2.05) is 0 Å². The van der Waals surface area contributed by atoms with Crippen molar-refractivity contribution in [3.05, 3.63) is 0 Å². The van der Waals surface area contributed by atoms with Crippen LogP contribution in [0, 0.1) is 17.3 Å². The number of hydrogen-bond acceptors (Lipinski definition) is 8. The van der Waals surface area contributed by atoms with Crippen molar-refractivity contribution in [3.63, 3.8) is 0 Å². The van der Waals surface area contributed by atoms with Crippen molar-refractivity contribution in [1.82, 2.24) is 0 Å². The molecule has 2 rings (SSSR count). The Labute approximate surface area is 160 Å². The molecule has 8 nitrogen and oxygen atoms in total. The average Bonchev–Trinajstić information content (AvgIpc) is 2.59.